The van der Waals surface area contributed by atoms with Crippen LogP contribution in [0.1, 0.15) is 19.3 Å². The Morgan fingerprint density at radius 3 is 3.06 bits per heavy atom. The van der Waals surface area contributed by atoms with Crippen molar-refractivity contribution in [3.05, 3.63) is 24.3 Å². The van der Waals surface area contributed by atoms with E-state index in [0.29, 0.717) is 12.5 Å². The van der Waals surface area contributed by atoms with Gasteiger partial charge in [-0.3, -0.25) is 4.79 Å². The number of anilines is 1. The van der Waals surface area contributed by atoms with Gasteiger partial charge in [0.15, 0.2) is 0 Å². The van der Waals surface area contributed by atoms with Crippen molar-refractivity contribution in [2.45, 2.75) is 30.2 Å². The lowest BCUT2D eigenvalue weighted by atomic mass is 10.2. The number of para-hydroxylation sites is 1. The Morgan fingerprint density at radius 2 is 2.22 bits per heavy atom. The fourth-order valence-corrected chi connectivity index (χ4v) is 3.23. The highest BCUT2D eigenvalue weighted by Gasteiger charge is 2.24. The highest BCUT2D eigenvalue weighted by molar-refractivity contribution is 7.99. The lowest BCUT2D eigenvalue weighted by Gasteiger charge is -2.29. The first-order valence-corrected chi connectivity index (χ1v) is 7.59. The third kappa shape index (κ3) is 2.70. The Morgan fingerprint density at radius 1 is 1.39 bits per heavy atom. The molecule has 1 heterocycles. The van der Waals surface area contributed by atoms with Gasteiger partial charge in [-0.2, -0.15) is 0 Å². The van der Waals surface area contributed by atoms with Crippen molar-refractivity contribution >= 4 is 23.4 Å². The molecule has 18 heavy (non-hydrogen) atoms. The summed E-state index contributed by atoms with van der Waals surface area (Å²) in [6.07, 6.45) is 3.16. The lowest BCUT2D eigenvalue weighted by molar-refractivity contribution is -0.118. The molecule has 1 amide bonds. The van der Waals surface area contributed by atoms with Gasteiger partial charge in [0.25, 0.3) is 0 Å². The van der Waals surface area contributed by atoms with E-state index in [1.54, 1.807) is 0 Å². The summed E-state index contributed by atoms with van der Waals surface area (Å²) in [6, 6.07) is 8.87. The van der Waals surface area contributed by atoms with Crippen LogP contribution < -0.4 is 10.2 Å². The predicted octanol–water partition coefficient (Wildman–Crippen LogP) is 2.27. The fourth-order valence-electron chi connectivity index (χ4n) is 2.23. The number of benzene rings is 1. The Hall–Kier alpha value is -1.00. The molecule has 4 heteroatoms. The van der Waals surface area contributed by atoms with Gasteiger partial charge >= 0.3 is 0 Å². The molecule has 0 atom stereocenters. The van der Waals surface area contributed by atoms with Crippen molar-refractivity contribution in [1.82, 2.24) is 5.32 Å². The van der Waals surface area contributed by atoms with Gasteiger partial charge in [0.05, 0.1) is 5.69 Å². The average molecular weight is 262 g/mol. The molecule has 1 saturated carbocycles. The Bertz CT molecular complexity index is 445. The molecule has 96 valence electrons. The summed E-state index contributed by atoms with van der Waals surface area (Å²) in [5.41, 5.74) is 1.09. The van der Waals surface area contributed by atoms with Crippen LogP contribution in [0.4, 0.5) is 5.69 Å². The van der Waals surface area contributed by atoms with E-state index >= 15 is 0 Å². The molecule has 0 aromatic heterocycles. The van der Waals surface area contributed by atoms with E-state index in [9.17, 15) is 4.79 Å². The number of hydrogen-bond donors (Lipinski definition) is 1. The largest absolute Gasteiger partial charge is 0.313 e. The van der Waals surface area contributed by atoms with Gasteiger partial charge in [-0.1, -0.05) is 12.1 Å². The first-order valence-electron chi connectivity index (χ1n) is 6.60. The van der Waals surface area contributed by atoms with Crippen LogP contribution in [0.3, 0.4) is 0 Å². The molecular formula is C14H18N2OS. The van der Waals surface area contributed by atoms with Crippen molar-refractivity contribution in [1.29, 1.82) is 0 Å². The van der Waals surface area contributed by atoms with Crippen molar-refractivity contribution < 1.29 is 4.79 Å². The van der Waals surface area contributed by atoms with Crippen LogP contribution in [0.2, 0.25) is 0 Å². The lowest BCUT2D eigenvalue weighted by Crippen LogP contribution is -2.37. The standard InChI is InChI=1S/C14H18N2OS/c17-14(7-8-15-11-5-6-11)16-9-10-18-13-4-2-1-3-12(13)16/h1-4,11,15H,5-10H2. The second kappa shape index (κ2) is 5.33. The molecule has 0 spiro atoms. The quantitative estimate of drug-likeness (QED) is 0.903. The number of amides is 1. The second-order valence-corrected chi connectivity index (χ2v) is 5.98. The Balaban J connectivity index is 1.62. The molecule has 3 nitrogen and oxygen atoms in total. The summed E-state index contributed by atoms with van der Waals surface area (Å²) in [5, 5.41) is 3.40. The molecule has 0 unspecified atom stereocenters. The zero-order valence-electron chi connectivity index (χ0n) is 10.4. The summed E-state index contributed by atoms with van der Waals surface area (Å²) in [5.74, 6) is 1.25. The van der Waals surface area contributed by atoms with E-state index in [0.717, 1.165) is 24.5 Å². The van der Waals surface area contributed by atoms with Gasteiger partial charge in [-0.05, 0) is 25.0 Å². The molecule has 1 fully saturated rings. The fraction of sp³-hybridized carbons (Fsp3) is 0.500. The minimum absolute atomic E-state index is 0.246. The first kappa shape index (κ1) is 12.1. The van der Waals surface area contributed by atoms with E-state index in [4.69, 9.17) is 0 Å². The number of nitrogens with one attached hydrogen (secondary N) is 1. The Kier molecular flexibility index (Phi) is 3.57. The average Bonchev–Trinajstić information content (AvgIpc) is 3.22. The van der Waals surface area contributed by atoms with E-state index in [1.165, 1.54) is 17.7 Å². The monoisotopic (exact) mass is 262 g/mol. The number of rotatable bonds is 4. The molecule has 1 N–H and O–H groups in total. The zero-order valence-corrected chi connectivity index (χ0v) is 11.2. The molecule has 1 aliphatic carbocycles. The van der Waals surface area contributed by atoms with E-state index < -0.39 is 0 Å². The molecular weight excluding hydrogens is 244 g/mol. The minimum atomic E-state index is 0.246. The van der Waals surface area contributed by atoms with Gasteiger partial charge in [-0.15, -0.1) is 11.8 Å². The van der Waals surface area contributed by atoms with Crippen LogP contribution in [0, 0.1) is 0 Å². The van der Waals surface area contributed by atoms with Crippen molar-refractivity contribution in [3.8, 4) is 0 Å². The maximum atomic E-state index is 12.2. The van der Waals surface area contributed by atoms with E-state index in [2.05, 4.69) is 11.4 Å². The molecule has 0 saturated heterocycles. The zero-order chi connectivity index (χ0) is 12.4. The van der Waals surface area contributed by atoms with Crippen LogP contribution in [-0.2, 0) is 4.79 Å². The molecule has 0 radical (unpaired) electrons. The molecule has 1 aliphatic heterocycles. The summed E-state index contributed by atoms with van der Waals surface area (Å²) >= 11 is 1.84. The number of carbonyl (C=O) groups is 1. The van der Waals surface area contributed by atoms with Crippen molar-refractivity contribution in [2.24, 2.45) is 0 Å². The minimum Gasteiger partial charge on any atom is -0.313 e. The van der Waals surface area contributed by atoms with Crippen LogP contribution in [0.5, 0.6) is 0 Å². The summed E-state index contributed by atoms with van der Waals surface area (Å²) in [6.45, 7) is 1.65. The maximum absolute atomic E-state index is 12.2. The SMILES string of the molecule is O=C(CCNC1CC1)N1CCSc2ccccc21. The molecule has 2 aliphatic rings. The molecule has 1 aromatic rings. The second-order valence-electron chi connectivity index (χ2n) is 4.84. The first-order chi connectivity index (χ1) is 8.84. The van der Waals surface area contributed by atoms with E-state index in [1.807, 2.05) is 34.9 Å². The highest BCUT2D eigenvalue weighted by atomic mass is 32.2. The summed E-state index contributed by atoms with van der Waals surface area (Å²) < 4.78 is 0. The van der Waals surface area contributed by atoms with Crippen LogP contribution >= 0.6 is 11.8 Å². The van der Waals surface area contributed by atoms with Crippen molar-refractivity contribution in [3.63, 3.8) is 0 Å². The number of thioether (sulfide) groups is 1. The third-order valence-electron chi connectivity index (χ3n) is 3.38. The smallest absolute Gasteiger partial charge is 0.228 e. The van der Waals surface area contributed by atoms with Crippen molar-refractivity contribution in [2.75, 3.05) is 23.7 Å². The topological polar surface area (TPSA) is 32.3 Å². The number of carbonyl (C=O) groups excluding carboxylic acids is 1. The molecule has 0 bridgehead atoms. The number of hydrogen-bond acceptors (Lipinski definition) is 3. The molecule has 1 aromatic carbocycles. The number of fused-ring (bicyclic) bond motifs is 1. The highest BCUT2D eigenvalue weighted by Crippen LogP contribution is 2.34. The van der Waals surface area contributed by atoms with Crippen LogP contribution in [-0.4, -0.2) is 30.8 Å². The Labute approximate surface area is 112 Å². The summed E-state index contributed by atoms with van der Waals surface area (Å²) in [4.78, 5) is 15.4. The van der Waals surface area contributed by atoms with Gasteiger partial charge in [0.1, 0.15) is 0 Å². The van der Waals surface area contributed by atoms with Gasteiger partial charge in [0, 0.05) is 36.2 Å². The summed E-state index contributed by atoms with van der Waals surface area (Å²) in [7, 11) is 0. The van der Waals surface area contributed by atoms with Gasteiger partial charge in [0.2, 0.25) is 5.91 Å². The van der Waals surface area contributed by atoms with E-state index in [-0.39, 0.29) is 5.91 Å². The normalized spacial score (nSPS) is 18.6. The third-order valence-corrected chi connectivity index (χ3v) is 4.42. The molecule has 3 rings (SSSR count). The van der Waals surface area contributed by atoms with Crippen LogP contribution in [0.15, 0.2) is 29.2 Å². The van der Waals surface area contributed by atoms with Crippen LogP contribution in [0.25, 0.3) is 0 Å². The number of nitrogens with zero attached hydrogens (tertiary/aromatic N) is 1. The predicted molar refractivity (Wildman–Crippen MR) is 75.2 cm³/mol. The van der Waals surface area contributed by atoms with Gasteiger partial charge < -0.3 is 10.2 Å². The maximum Gasteiger partial charge on any atom is 0.228 e. The van der Waals surface area contributed by atoms with Gasteiger partial charge in [-0.25, -0.2) is 0 Å².